The number of benzene rings is 2. The molecule has 7 heteroatoms. The van der Waals surface area contributed by atoms with E-state index in [1.165, 1.54) is 11.3 Å². The maximum absolute atomic E-state index is 8.82. The summed E-state index contributed by atoms with van der Waals surface area (Å²) >= 11 is 1.47. The summed E-state index contributed by atoms with van der Waals surface area (Å²) in [4.78, 5) is 5.32. The molecule has 0 radical (unpaired) electrons. The van der Waals surface area contributed by atoms with Crippen molar-refractivity contribution in [3.8, 4) is 28.0 Å². The maximum atomic E-state index is 8.82. The van der Waals surface area contributed by atoms with Gasteiger partial charge in [0.1, 0.15) is 0 Å². The van der Waals surface area contributed by atoms with Crippen molar-refractivity contribution in [2.75, 3.05) is 13.2 Å². The first kappa shape index (κ1) is 17.2. The number of nitriles is 1. The first-order chi connectivity index (χ1) is 13.3. The molecule has 0 saturated heterocycles. The molecule has 4 rings (SSSR count). The molecule has 0 aliphatic carbocycles. The maximum Gasteiger partial charge on any atom is 0.230 e. The lowest BCUT2D eigenvalue weighted by molar-refractivity contribution is 0.297. The zero-order valence-electron chi connectivity index (χ0n) is 14.5. The molecule has 1 aliphatic heterocycles. The Balaban J connectivity index is 1.45. The molecule has 0 N–H and O–H groups in total. The number of thiazole rings is 1. The monoisotopic (exact) mass is 376 g/mol. The van der Waals surface area contributed by atoms with E-state index < -0.39 is 0 Å². The van der Waals surface area contributed by atoms with Crippen LogP contribution in [0.2, 0.25) is 0 Å². The zero-order valence-corrected chi connectivity index (χ0v) is 15.3. The third kappa shape index (κ3) is 4.13. The van der Waals surface area contributed by atoms with Gasteiger partial charge in [0.2, 0.25) is 5.13 Å². The van der Waals surface area contributed by atoms with Crippen LogP contribution in [0.3, 0.4) is 0 Å². The van der Waals surface area contributed by atoms with Gasteiger partial charge in [-0.25, -0.2) is 4.98 Å². The van der Waals surface area contributed by atoms with E-state index in [0.717, 1.165) is 33.9 Å². The van der Waals surface area contributed by atoms with Crippen LogP contribution in [0.1, 0.15) is 17.5 Å². The summed E-state index contributed by atoms with van der Waals surface area (Å²) in [6.07, 6.45) is 2.67. The summed E-state index contributed by atoms with van der Waals surface area (Å²) in [6.45, 7) is 1.79. The molecule has 1 aliphatic rings. The van der Waals surface area contributed by atoms with Gasteiger partial charge in [-0.2, -0.15) is 10.4 Å². The highest BCUT2D eigenvalue weighted by molar-refractivity contribution is 7.18. The normalized spacial score (nSPS) is 13.3. The fraction of sp³-hybridized carbons (Fsp3) is 0.200. The first-order valence-electron chi connectivity index (χ1n) is 8.54. The summed E-state index contributed by atoms with van der Waals surface area (Å²) in [5.41, 5.74) is 2.65. The molecule has 0 fully saturated rings. The Kier molecular flexibility index (Phi) is 5.08. The van der Waals surface area contributed by atoms with Crippen molar-refractivity contribution in [2.24, 2.45) is 10.2 Å². The summed E-state index contributed by atoms with van der Waals surface area (Å²) in [6, 6.07) is 15.3. The van der Waals surface area contributed by atoms with E-state index >= 15 is 0 Å². The van der Waals surface area contributed by atoms with Gasteiger partial charge in [0.15, 0.2) is 11.5 Å². The smallest absolute Gasteiger partial charge is 0.230 e. The lowest BCUT2D eigenvalue weighted by Crippen LogP contribution is -1.97. The highest BCUT2D eigenvalue weighted by Gasteiger charge is 2.12. The molecule has 6 nitrogen and oxygen atoms in total. The average Bonchev–Trinajstić information content (AvgIpc) is 3.05. The molecule has 0 unspecified atom stereocenters. The molecule has 2 aromatic carbocycles. The Labute approximate surface area is 160 Å². The summed E-state index contributed by atoms with van der Waals surface area (Å²) in [5, 5.41) is 17.8. The average molecular weight is 376 g/mol. The van der Waals surface area contributed by atoms with Crippen LogP contribution in [-0.2, 0) is 6.54 Å². The molecule has 134 valence electrons. The molecule has 0 atom stereocenters. The van der Waals surface area contributed by atoms with Crippen LogP contribution in [0.25, 0.3) is 10.4 Å². The van der Waals surface area contributed by atoms with Gasteiger partial charge < -0.3 is 9.47 Å². The van der Waals surface area contributed by atoms with Gasteiger partial charge in [-0.1, -0.05) is 23.5 Å². The lowest BCUT2D eigenvalue weighted by Gasteiger charge is -2.08. The predicted molar refractivity (Wildman–Crippen MR) is 103 cm³/mol. The van der Waals surface area contributed by atoms with Crippen molar-refractivity contribution in [1.82, 2.24) is 4.98 Å². The van der Waals surface area contributed by atoms with E-state index in [0.29, 0.717) is 30.5 Å². The fourth-order valence-electron chi connectivity index (χ4n) is 2.62. The van der Waals surface area contributed by atoms with Gasteiger partial charge in [0.25, 0.3) is 0 Å². The van der Waals surface area contributed by atoms with Crippen molar-refractivity contribution >= 4 is 16.5 Å². The van der Waals surface area contributed by atoms with E-state index in [4.69, 9.17) is 14.7 Å². The molecule has 2 heterocycles. The third-order valence-electron chi connectivity index (χ3n) is 4.02. The van der Waals surface area contributed by atoms with Crippen molar-refractivity contribution in [1.29, 1.82) is 5.26 Å². The minimum absolute atomic E-state index is 0.449. The van der Waals surface area contributed by atoms with Gasteiger partial charge in [-0.05, 0) is 41.5 Å². The number of aromatic nitrogens is 1. The topological polar surface area (TPSA) is 79.9 Å². The second kappa shape index (κ2) is 7.98. The summed E-state index contributed by atoms with van der Waals surface area (Å²) < 4.78 is 11.4. The Morgan fingerprint density at radius 2 is 1.89 bits per heavy atom. The van der Waals surface area contributed by atoms with Gasteiger partial charge in [-0.15, -0.1) is 5.11 Å². The Morgan fingerprint density at radius 1 is 1.07 bits per heavy atom. The second-order valence-corrected chi connectivity index (χ2v) is 6.94. The van der Waals surface area contributed by atoms with Gasteiger partial charge >= 0.3 is 0 Å². The number of fused-ring (bicyclic) bond motifs is 1. The van der Waals surface area contributed by atoms with Crippen LogP contribution in [0.5, 0.6) is 11.5 Å². The number of azo groups is 1. The number of hydrogen-bond acceptors (Lipinski definition) is 7. The largest absolute Gasteiger partial charge is 0.490 e. The molecular weight excluding hydrogens is 360 g/mol. The highest BCUT2D eigenvalue weighted by atomic mass is 32.1. The van der Waals surface area contributed by atoms with Gasteiger partial charge in [-0.3, -0.25) is 0 Å². The summed E-state index contributed by atoms with van der Waals surface area (Å²) in [5.74, 6) is 1.55. The number of nitrogens with zero attached hydrogens (tertiary/aromatic N) is 4. The number of hydrogen-bond donors (Lipinski definition) is 0. The predicted octanol–water partition coefficient (Wildman–Crippen LogP) is 5.13. The van der Waals surface area contributed by atoms with Crippen LogP contribution in [0, 0.1) is 11.3 Å². The Morgan fingerprint density at radius 3 is 2.70 bits per heavy atom. The standard InChI is InChI=1S/C20H16N4O2S/c21-11-14-2-4-15(5-3-14)12-23-24-20-22-13-19(27-20)16-6-7-17-18(10-16)26-9-1-8-25-17/h2-7,10,13H,1,8-9,12H2. The first-order valence-corrected chi connectivity index (χ1v) is 9.36. The number of ether oxygens (including phenoxy) is 2. The van der Waals surface area contributed by atoms with Gasteiger partial charge in [0.05, 0.1) is 36.3 Å². The molecule has 0 bridgehead atoms. The quantitative estimate of drug-likeness (QED) is 0.591. The molecule has 0 spiro atoms. The summed E-state index contributed by atoms with van der Waals surface area (Å²) in [7, 11) is 0. The lowest BCUT2D eigenvalue weighted by atomic mass is 10.1. The molecule has 3 aromatic rings. The van der Waals surface area contributed by atoms with E-state index in [1.807, 2.05) is 30.3 Å². The van der Waals surface area contributed by atoms with Crippen LogP contribution >= 0.6 is 11.3 Å². The van der Waals surface area contributed by atoms with Crippen molar-refractivity contribution in [3.05, 3.63) is 59.8 Å². The molecule has 0 amide bonds. The van der Waals surface area contributed by atoms with E-state index in [2.05, 4.69) is 21.3 Å². The molecular formula is C20H16N4O2S. The minimum atomic E-state index is 0.449. The van der Waals surface area contributed by atoms with Crippen molar-refractivity contribution in [2.45, 2.75) is 13.0 Å². The highest BCUT2D eigenvalue weighted by Crippen LogP contribution is 2.37. The van der Waals surface area contributed by atoms with Crippen LogP contribution in [0.4, 0.5) is 5.13 Å². The van der Waals surface area contributed by atoms with Crippen LogP contribution in [0.15, 0.2) is 58.9 Å². The molecule has 27 heavy (non-hydrogen) atoms. The zero-order chi connectivity index (χ0) is 18.5. The fourth-order valence-corrected chi connectivity index (χ4v) is 3.37. The Hall–Kier alpha value is -3.24. The molecule has 1 aromatic heterocycles. The van der Waals surface area contributed by atoms with E-state index in [-0.39, 0.29) is 0 Å². The van der Waals surface area contributed by atoms with Crippen LogP contribution < -0.4 is 9.47 Å². The SMILES string of the molecule is N#Cc1ccc(CN=Nc2ncc(-c3ccc4c(c3)OCCCO4)s2)cc1. The second-order valence-electron chi connectivity index (χ2n) is 5.93. The van der Waals surface area contributed by atoms with E-state index in [9.17, 15) is 0 Å². The third-order valence-corrected chi connectivity index (χ3v) is 4.95. The minimum Gasteiger partial charge on any atom is -0.490 e. The van der Waals surface area contributed by atoms with Crippen molar-refractivity contribution < 1.29 is 9.47 Å². The van der Waals surface area contributed by atoms with Gasteiger partial charge in [0, 0.05) is 12.6 Å². The van der Waals surface area contributed by atoms with Crippen LogP contribution in [-0.4, -0.2) is 18.2 Å². The van der Waals surface area contributed by atoms with E-state index in [1.54, 1.807) is 18.3 Å². The molecule has 0 saturated carbocycles. The number of rotatable bonds is 4. The van der Waals surface area contributed by atoms with Crippen molar-refractivity contribution in [3.63, 3.8) is 0 Å². The Bertz CT molecular complexity index is 1010.